The molecule has 4 rings (SSSR count). The number of likely N-dealkylation sites (tertiary alicyclic amines) is 1. The number of fused-ring (bicyclic) bond motifs is 1. The van der Waals surface area contributed by atoms with E-state index in [0.717, 1.165) is 60.1 Å². The summed E-state index contributed by atoms with van der Waals surface area (Å²) in [4.78, 5) is 18.3. The molecule has 0 bridgehead atoms. The topological polar surface area (TPSA) is 42.4 Å². The number of amides is 1. The number of rotatable bonds is 5. The van der Waals surface area contributed by atoms with Gasteiger partial charge in [0.2, 0.25) is 5.91 Å². The zero-order valence-electron chi connectivity index (χ0n) is 17.2. The second-order valence-corrected chi connectivity index (χ2v) is 7.83. The first-order chi connectivity index (χ1) is 14.2. The van der Waals surface area contributed by atoms with Crippen molar-refractivity contribution in [2.45, 2.75) is 32.6 Å². The minimum absolute atomic E-state index is 0.284. The molecule has 4 heteroatoms. The molecule has 2 aromatic carbocycles. The van der Waals surface area contributed by atoms with Crippen molar-refractivity contribution < 1.29 is 9.53 Å². The molecule has 3 aromatic rings. The van der Waals surface area contributed by atoms with Gasteiger partial charge in [0.05, 0.1) is 12.6 Å². The minimum Gasteiger partial charge on any atom is -0.496 e. The maximum absolute atomic E-state index is 11.8. The molecule has 1 aliphatic heterocycles. The summed E-state index contributed by atoms with van der Waals surface area (Å²) in [6.07, 6.45) is 5.70. The molecule has 0 spiro atoms. The summed E-state index contributed by atoms with van der Waals surface area (Å²) in [5.74, 6) is 1.80. The number of carbonyl (C=O) groups is 1. The molecule has 0 unspecified atom stereocenters. The Balaban J connectivity index is 1.47. The van der Waals surface area contributed by atoms with E-state index in [4.69, 9.17) is 4.74 Å². The number of hydrogen-bond donors (Lipinski definition) is 0. The molecular weight excluding hydrogens is 360 g/mol. The number of hydrogen-bond acceptors (Lipinski definition) is 3. The summed E-state index contributed by atoms with van der Waals surface area (Å²) >= 11 is 0. The van der Waals surface area contributed by atoms with E-state index in [2.05, 4.69) is 47.4 Å². The number of benzene rings is 2. The van der Waals surface area contributed by atoms with E-state index < -0.39 is 0 Å². The monoisotopic (exact) mass is 388 g/mol. The van der Waals surface area contributed by atoms with E-state index in [1.54, 1.807) is 7.11 Å². The van der Waals surface area contributed by atoms with Crippen LogP contribution in [0.3, 0.4) is 0 Å². The lowest BCUT2D eigenvalue weighted by molar-refractivity contribution is -0.132. The maximum atomic E-state index is 11.8. The molecule has 1 aliphatic rings. The van der Waals surface area contributed by atoms with Crippen LogP contribution in [0.1, 0.15) is 31.7 Å². The van der Waals surface area contributed by atoms with Gasteiger partial charge in [-0.05, 0) is 54.5 Å². The van der Waals surface area contributed by atoms with E-state index in [0.29, 0.717) is 12.3 Å². The molecule has 2 heterocycles. The van der Waals surface area contributed by atoms with Crippen molar-refractivity contribution in [2.24, 2.45) is 5.92 Å². The van der Waals surface area contributed by atoms with Crippen LogP contribution in [0.4, 0.5) is 0 Å². The number of piperidine rings is 1. The molecule has 1 fully saturated rings. The normalized spacial score (nSPS) is 14.9. The Hall–Kier alpha value is -2.88. The highest BCUT2D eigenvalue weighted by Gasteiger charge is 2.22. The van der Waals surface area contributed by atoms with Gasteiger partial charge in [-0.1, -0.05) is 37.3 Å². The summed E-state index contributed by atoms with van der Waals surface area (Å²) in [6.45, 7) is 3.74. The van der Waals surface area contributed by atoms with Gasteiger partial charge >= 0.3 is 0 Å². The van der Waals surface area contributed by atoms with Crippen molar-refractivity contribution in [1.82, 2.24) is 9.88 Å². The van der Waals surface area contributed by atoms with Gasteiger partial charge in [-0.3, -0.25) is 9.78 Å². The molecule has 4 nitrogen and oxygen atoms in total. The van der Waals surface area contributed by atoms with Crippen LogP contribution in [0, 0.1) is 5.92 Å². The van der Waals surface area contributed by atoms with Crippen LogP contribution in [0.5, 0.6) is 5.75 Å². The maximum Gasteiger partial charge on any atom is 0.222 e. The first-order valence-electron chi connectivity index (χ1n) is 10.5. The number of aromatic nitrogens is 1. The largest absolute Gasteiger partial charge is 0.496 e. The molecule has 0 atom stereocenters. The highest BCUT2D eigenvalue weighted by molar-refractivity contribution is 5.88. The van der Waals surface area contributed by atoms with Gasteiger partial charge in [0.1, 0.15) is 5.75 Å². The first-order valence-corrected chi connectivity index (χ1v) is 10.5. The van der Waals surface area contributed by atoms with E-state index >= 15 is 0 Å². The molecular formula is C25H28N2O2. The lowest BCUT2D eigenvalue weighted by Crippen LogP contribution is -2.38. The summed E-state index contributed by atoms with van der Waals surface area (Å²) in [7, 11) is 1.71. The summed E-state index contributed by atoms with van der Waals surface area (Å²) in [5.41, 5.74) is 4.53. The SMILES string of the molecule is CCC(=O)N1CCC(Cc2ccc(-c3cc4ncccc4cc3OC)cc2)CC1. The fourth-order valence-electron chi connectivity index (χ4n) is 4.26. The molecule has 1 aromatic heterocycles. The van der Waals surface area contributed by atoms with Crippen LogP contribution in [0.15, 0.2) is 54.7 Å². The molecule has 0 N–H and O–H groups in total. The highest BCUT2D eigenvalue weighted by atomic mass is 16.5. The summed E-state index contributed by atoms with van der Waals surface area (Å²) in [6, 6.07) is 17.0. The zero-order chi connectivity index (χ0) is 20.2. The standard InChI is InChI=1S/C25H28N2O2/c1-3-25(28)27-13-10-19(11-14-27)15-18-6-8-20(9-7-18)22-17-23-21(5-4-12-26-23)16-24(22)29-2/h4-9,12,16-17,19H,3,10-11,13-15H2,1-2H3. The van der Waals surface area contributed by atoms with Gasteiger partial charge < -0.3 is 9.64 Å². The van der Waals surface area contributed by atoms with E-state index in [9.17, 15) is 4.79 Å². The molecule has 0 aliphatic carbocycles. The second kappa shape index (κ2) is 8.64. The molecule has 1 saturated heterocycles. The number of nitrogens with zero attached hydrogens (tertiary/aromatic N) is 2. The Bertz CT molecular complexity index is 989. The Morgan fingerprint density at radius 1 is 1.14 bits per heavy atom. The van der Waals surface area contributed by atoms with Crippen LogP contribution in [0.2, 0.25) is 0 Å². The van der Waals surface area contributed by atoms with Gasteiger partial charge in [-0.2, -0.15) is 0 Å². The summed E-state index contributed by atoms with van der Waals surface area (Å²) < 4.78 is 5.64. The lowest BCUT2D eigenvalue weighted by atomic mass is 9.89. The van der Waals surface area contributed by atoms with Crippen LogP contribution < -0.4 is 4.74 Å². The number of ether oxygens (including phenoxy) is 1. The average molecular weight is 389 g/mol. The predicted molar refractivity (Wildman–Crippen MR) is 117 cm³/mol. The van der Waals surface area contributed by atoms with Gasteiger partial charge in [0, 0.05) is 36.7 Å². The fraction of sp³-hybridized carbons (Fsp3) is 0.360. The number of pyridine rings is 1. The van der Waals surface area contributed by atoms with Crippen molar-refractivity contribution in [3.05, 3.63) is 60.3 Å². The average Bonchev–Trinajstić information content (AvgIpc) is 2.78. The van der Waals surface area contributed by atoms with E-state index in [-0.39, 0.29) is 5.91 Å². The van der Waals surface area contributed by atoms with Crippen molar-refractivity contribution in [3.8, 4) is 16.9 Å². The van der Waals surface area contributed by atoms with Gasteiger partial charge in [-0.25, -0.2) is 0 Å². The molecule has 1 amide bonds. The van der Waals surface area contributed by atoms with Crippen molar-refractivity contribution in [3.63, 3.8) is 0 Å². The second-order valence-electron chi connectivity index (χ2n) is 7.83. The van der Waals surface area contributed by atoms with Gasteiger partial charge in [-0.15, -0.1) is 0 Å². The third-order valence-corrected chi connectivity index (χ3v) is 5.98. The lowest BCUT2D eigenvalue weighted by Gasteiger charge is -2.32. The number of carbonyl (C=O) groups excluding carboxylic acids is 1. The minimum atomic E-state index is 0.284. The Labute approximate surface area is 172 Å². The third-order valence-electron chi connectivity index (χ3n) is 5.98. The highest BCUT2D eigenvalue weighted by Crippen LogP contribution is 2.34. The van der Waals surface area contributed by atoms with Gasteiger partial charge in [0.25, 0.3) is 0 Å². The van der Waals surface area contributed by atoms with Crippen LogP contribution in [0.25, 0.3) is 22.0 Å². The molecule has 29 heavy (non-hydrogen) atoms. The molecule has 150 valence electrons. The Kier molecular flexibility index (Phi) is 5.79. The zero-order valence-corrected chi connectivity index (χ0v) is 17.2. The first kappa shape index (κ1) is 19.4. The molecule has 0 saturated carbocycles. The van der Waals surface area contributed by atoms with E-state index in [1.165, 1.54) is 5.56 Å². The fourth-order valence-corrected chi connectivity index (χ4v) is 4.26. The van der Waals surface area contributed by atoms with Crippen LogP contribution in [-0.4, -0.2) is 36.0 Å². The summed E-state index contributed by atoms with van der Waals surface area (Å²) in [5, 5.41) is 1.08. The quantitative estimate of drug-likeness (QED) is 0.611. The Morgan fingerprint density at radius 2 is 1.90 bits per heavy atom. The Morgan fingerprint density at radius 3 is 2.59 bits per heavy atom. The predicted octanol–water partition coefficient (Wildman–Crippen LogP) is 5.10. The third kappa shape index (κ3) is 4.26. The van der Waals surface area contributed by atoms with Crippen molar-refractivity contribution in [2.75, 3.05) is 20.2 Å². The van der Waals surface area contributed by atoms with E-state index in [1.807, 2.05) is 24.1 Å². The smallest absolute Gasteiger partial charge is 0.222 e. The van der Waals surface area contributed by atoms with Crippen molar-refractivity contribution >= 4 is 16.8 Å². The van der Waals surface area contributed by atoms with Crippen LogP contribution >= 0.6 is 0 Å². The number of methoxy groups -OCH3 is 1. The van der Waals surface area contributed by atoms with Crippen molar-refractivity contribution in [1.29, 1.82) is 0 Å². The van der Waals surface area contributed by atoms with Crippen LogP contribution in [-0.2, 0) is 11.2 Å². The molecule has 0 radical (unpaired) electrons. The van der Waals surface area contributed by atoms with Gasteiger partial charge in [0.15, 0.2) is 0 Å².